The first-order chi connectivity index (χ1) is 10.7. The van der Waals surface area contributed by atoms with Crippen LogP contribution in [0.5, 0.6) is 0 Å². The molecule has 4 nitrogen and oxygen atoms in total. The lowest BCUT2D eigenvalue weighted by molar-refractivity contribution is 0.0949. The van der Waals surface area contributed by atoms with E-state index < -0.39 is 0 Å². The number of amides is 1. The number of rotatable bonds is 7. The number of nitrogens with zero attached hydrogens (tertiary/aromatic N) is 1. The molecule has 1 aromatic heterocycles. The van der Waals surface area contributed by atoms with Gasteiger partial charge in [0.25, 0.3) is 5.91 Å². The number of nitrogens with one attached hydrogen (secondary N) is 2. The van der Waals surface area contributed by atoms with Crippen LogP contribution >= 0.6 is 0 Å². The minimum Gasteiger partial charge on any atom is -0.385 e. The number of hydrogen-bond donors (Lipinski definition) is 2. The van der Waals surface area contributed by atoms with Crippen molar-refractivity contribution in [2.24, 2.45) is 0 Å². The van der Waals surface area contributed by atoms with Crippen LogP contribution in [0.25, 0.3) is 0 Å². The zero-order chi connectivity index (χ0) is 15.8. The number of anilines is 1. The first kappa shape index (κ1) is 15.9. The lowest BCUT2D eigenvalue weighted by Crippen LogP contribution is -2.26. The molecule has 0 bridgehead atoms. The molecule has 0 saturated heterocycles. The van der Waals surface area contributed by atoms with Crippen LogP contribution in [0.3, 0.4) is 0 Å². The van der Waals surface area contributed by atoms with Crippen molar-refractivity contribution >= 4 is 11.6 Å². The van der Waals surface area contributed by atoms with Crippen LogP contribution < -0.4 is 10.6 Å². The molecule has 0 unspecified atom stereocenters. The highest BCUT2D eigenvalue weighted by atomic mass is 19.1. The molecule has 0 aliphatic rings. The Balaban J connectivity index is 1.88. The van der Waals surface area contributed by atoms with Gasteiger partial charge in [-0.15, -0.1) is 0 Å². The van der Waals surface area contributed by atoms with E-state index in [4.69, 9.17) is 0 Å². The second kappa shape index (κ2) is 8.12. The van der Waals surface area contributed by atoms with Gasteiger partial charge in [-0.2, -0.15) is 0 Å². The summed E-state index contributed by atoms with van der Waals surface area (Å²) in [7, 11) is 0. The summed E-state index contributed by atoms with van der Waals surface area (Å²) >= 11 is 0. The zero-order valence-electron chi connectivity index (χ0n) is 12.6. The van der Waals surface area contributed by atoms with Gasteiger partial charge < -0.3 is 10.6 Å². The number of aromatic nitrogens is 1. The van der Waals surface area contributed by atoms with Gasteiger partial charge >= 0.3 is 0 Å². The second-order valence-electron chi connectivity index (χ2n) is 4.95. The summed E-state index contributed by atoms with van der Waals surface area (Å²) in [5, 5.41) is 5.97. The standard InChI is InChI=1S/C17H20FN3O/c1-2-9-19-14-8-11-20-16(12-14)17(22)21-10-7-13-5-3-4-6-15(13)18/h3-6,8,11-12H,2,7,9-10H2,1H3,(H,19,20)(H,21,22). The zero-order valence-corrected chi connectivity index (χ0v) is 12.6. The van der Waals surface area contributed by atoms with Gasteiger partial charge in [-0.05, 0) is 36.6 Å². The quantitative estimate of drug-likeness (QED) is 0.826. The largest absolute Gasteiger partial charge is 0.385 e. The van der Waals surface area contributed by atoms with Crippen LogP contribution in [0.2, 0.25) is 0 Å². The molecule has 0 fully saturated rings. The van der Waals surface area contributed by atoms with E-state index in [1.807, 2.05) is 6.07 Å². The summed E-state index contributed by atoms with van der Waals surface area (Å²) < 4.78 is 13.5. The molecule has 0 radical (unpaired) electrons. The molecule has 22 heavy (non-hydrogen) atoms. The van der Waals surface area contributed by atoms with E-state index in [1.54, 1.807) is 30.5 Å². The Morgan fingerprint density at radius 1 is 1.23 bits per heavy atom. The Morgan fingerprint density at radius 2 is 2.05 bits per heavy atom. The number of halogens is 1. The van der Waals surface area contributed by atoms with Crippen LogP contribution in [0.4, 0.5) is 10.1 Å². The Morgan fingerprint density at radius 3 is 2.82 bits per heavy atom. The van der Waals surface area contributed by atoms with E-state index in [-0.39, 0.29) is 11.7 Å². The Labute approximate surface area is 129 Å². The van der Waals surface area contributed by atoms with Gasteiger partial charge in [0.15, 0.2) is 0 Å². The molecule has 0 aliphatic carbocycles. The molecule has 2 N–H and O–H groups in total. The summed E-state index contributed by atoms with van der Waals surface area (Å²) in [4.78, 5) is 16.1. The molecule has 5 heteroatoms. The third-order valence-corrected chi connectivity index (χ3v) is 3.21. The van der Waals surface area contributed by atoms with Crippen molar-refractivity contribution in [2.45, 2.75) is 19.8 Å². The first-order valence-corrected chi connectivity index (χ1v) is 7.42. The maximum absolute atomic E-state index is 13.5. The molecule has 2 rings (SSSR count). The Bertz CT molecular complexity index is 631. The molecule has 0 spiro atoms. The van der Waals surface area contributed by atoms with E-state index in [9.17, 15) is 9.18 Å². The Kier molecular flexibility index (Phi) is 5.89. The number of hydrogen-bond acceptors (Lipinski definition) is 3. The highest BCUT2D eigenvalue weighted by Gasteiger charge is 2.08. The minimum absolute atomic E-state index is 0.249. The fourth-order valence-corrected chi connectivity index (χ4v) is 2.04. The molecule has 0 saturated carbocycles. The topological polar surface area (TPSA) is 54.0 Å². The first-order valence-electron chi connectivity index (χ1n) is 7.42. The van der Waals surface area contributed by atoms with Gasteiger partial charge in [-0.1, -0.05) is 25.1 Å². The maximum Gasteiger partial charge on any atom is 0.269 e. The van der Waals surface area contributed by atoms with Gasteiger partial charge in [-0.3, -0.25) is 9.78 Å². The van der Waals surface area contributed by atoms with Gasteiger partial charge in [0.1, 0.15) is 11.5 Å². The number of benzene rings is 1. The summed E-state index contributed by atoms with van der Waals surface area (Å²) in [6.07, 6.45) is 3.06. The van der Waals surface area contributed by atoms with Gasteiger partial charge in [-0.25, -0.2) is 4.39 Å². The summed E-state index contributed by atoms with van der Waals surface area (Å²) in [6, 6.07) is 10.1. The van der Waals surface area contributed by atoms with E-state index in [1.165, 1.54) is 6.07 Å². The van der Waals surface area contributed by atoms with Crippen molar-refractivity contribution < 1.29 is 9.18 Å². The average molecular weight is 301 g/mol. The van der Waals surface area contributed by atoms with E-state index in [2.05, 4.69) is 22.5 Å². The molecule has 1 amide bonds. The minimum atomic E-state index is -0.253. The fourth-order valence-electron chi connectivity index (χ4n) is 2.04. The third-order valence-electron chi connectivity index (χ3n) is 3.21. The van der Waals surface area contributed by atoms with Crippen molar-refractivity contribution in [1.29, 1.82) is 0 Å². The van der Waals surface area contributed by atoms with E-state index in [0.29, 0.717) is 24.2 Å². The SMILES string of the molecule is CCCNc1ccnc(C(=O)NCCc2ccccc2F)c1. The summed E-state index contributed by atoms with van der Waals surface area (Å²) in [6.45, 7) is 3.29. The second-order valence-corrected chi connectivity index (χ2v) is 4.95. The monoisotopic (exact) mass is 301 g/mol. The van der Waals surface area contributed by atoms with Crippen molar-refractivity contribution in [1.82, 2.24) is 10.3 Å². The van der Waals surface area contributed by atoms with Crippen LogP contribution in [0.1, 0.15) is 29.4 Å². The normalized spacial score (nSPS) is 10.3. The van der Waals surface area contributed by atoms with E-state index in [0.717, 1.165) is 18.7 Å². The fraction of sp³-hybridized carbons (Fsp3) is 0.294. The highest BCUT2D eigenvalue weighted by Crippen LogP contribution is 2.09. The van der Waals surface area contributed by atoms with Gasteiger partial charge in [0, 0.05) is 25.0 Å². The molecule has 0 atom stereocenters. The predicted molar refractivity (Wildman–Crippen MR) is 85.5 cm³/mol. The number of carbonyl (C=O) groups excluding carboxylic acids is 1. The van der Waals surface area contributed by atoms with Crippen molar-refractivity contribution in [3.05, 3.63) is 59.7 Å². The molecule has 0 aliphatic heterocycles. The molecular weight excluding hydrogens is 281 g/mol. The van der Waals surface area contributed by atoms with E-state index >= 15 is 0 Å². The molecular formula is C17H20FN3O. The number of pyridine rings is 1. The van der Waals surface area contributed by atoms with Crippen molar-refractivity contribution in [2.75, 3.05) is 18.4 Å². The molecule has 2 aromatic rings. The van der Waals surface area contributed by atoms with Crippen molar-refractivity contribution in [3.63, 3.8) is 0 Å². The van der Waals surface area contributed by atoms with Gasteiger partial charge in [0.05, 0.1) is 0 Å². The van der Waals surface area contributed by atoms with Crippen LogP contribution in [0.15, 0.2) is 42.6 Å². The van der Waals surface area contributed by atoms with Crippen molar-refractivity contribution in [3.8, 4) is 0 Å². The Hall–Kier alpha value is -2.43. The van der Waals surface area contributed by atoms with Crippen LogP contribution in [-0.2, 0) is 6.42 Å². The predicted octanol–water partition coefficient (Wildman–Crippen LogP) is 3.02. The summed E-state index contributed by atoms with van der Waals surface area (Å²) in [5.74, 6) is -0.503. The lowest BCUT2D eigenvalue weighted by atomic mass is 10.1. The third kappa shape index (κ3) is 4.55. The molecule has 1 heterocycles. The lowest BCUT2D eigenvalue weighted by Gasteiger charge is -2.08. The van der Waals surface area contributed by atoms with Crippen LogP contribution in [0, 0.1) is 5.82 Å². The smallest absolute Gasteiger partial charge is 0.269 e. The average Bonchev–Trinajstić information content (AvgIpc) is 2.55. The maximum atomic E-state index is 13.5. The molecule has 1 aromatic carbocycles. The number of carbonyl (C=O) groups is 1. The van der Waals surface area contributed by atoms with Crippen LogP contribution in [-0.4, -0.2) is 24.0 Å². The van der Waals surface area contributed by atoms with Gasteiger partial charge in [0.2, 0.25) is 0 Å². The summed E-state index contributed by atoms with van der Waals surface area (Å²) in [5.41, 5.74) is 1.82. The highest BCUT2D eigenvalue weighted by molar-refractivity contribution is 5.93. The molecule has 116 valence electrons.